The van der Waals surface area contributed by atoms with E-state index in [1.54, 1.807) is 0 Å². The number of benzene rings is 1. The zero-order valence-corrected chi connectivity index (χ0v) is 16.0. The molecule has 142 valence electrons. The number of thiophene rings is 1. The molecular formula is C18H21N5O3S. The smallest absolute Gasteiger partial charge is 0.309 e. The van der Waals surface area contributed by atoms with Gasteiger partial charge in [-0.25, -0.2) is 4.98 Å². The highest BCUT2D eigenvalue weighted by molar-refractivity contribution is 7.17. The molecular weight excluding hydrogens is 366 g/mol. The number of nitro groups is 1. The lowest BCUT2D eigenvalue weighted by Gasteiger charge is -2.19. The molecule has 9 heteroatoms. The van der Waals surface area contributed by atoms with E-state index in [-0.39, 0.29) is 9.88 Å². The Balaban J connectivity index is 1.87. The molecule has 2 aromatic heterocycles. The summed E-state index contributed by atoms with van der Waals surface area (Å²) in [6.07, 6.45) is 0. The molecule has 0 saturated heterocycles. The van der Waals surface area contributed by atoms with Crippen LogP contribution >= 0.6 is 11.3 Å². The average Bonchev–Trinajstić information content (AvgIpc) is 3.28. The highest BCUT2D eigenvalue weighted by Crippen LogP contribution is 2.25. The third kappa shape index (κ3) is 4.15. The molecule has 1 aromatic carbocycles. The Kier molecular flexibility index (Phi) is 5.82. The molecule has 2 heterocycles. The summed E-state index contributed by atoms with van der Waals surface area (Å²) in [6, 6.07) is 10.5. The van der Waals surface area contributed by atoms with Crippen LogP contribution in [0.1, 0.15) is 23.5 Å². The second kappa shape index (κ2) is 8.28. The molecule has 0 unspecified atom stereocenters. The minimum Gasteiger partial charge on any atom is -0.309 e. The highest BCUT2D eigenvalue weighted by Gasteiger charge is 2.18. The van der Waals surface area contributed by atoms with Crippen LogP contribution < -0.4 is 5.32 Å². The van der Waals surface area contributed by atoms with E-state index in [9.17, 15) is 14.9 Å². The Morgan fingerprint density at radius 3 is 2.67 bits per heavy atom. The fraction of sp³-hybridized carbons (Fsp3) is 0.333. The number of fused-ring (bicyclic) bond motifs is 1. The maximum atomic E-state index is 12.5. The monoisotopic (exact) mass is 387 g/mol. The van der Waals surface area contributed by atoms with Gasteiger partial charge in [-0.15, -0.1) is 0 Å². The maximum Gasteiger partial charge on any atom is 0.324 e. The number of aromatic nitrogens is 2. The van der Waals surface area contributed by atoms with Crippen molar-refractivity contribution in [3.8, 4) is 0 Å². The van der Waals surface area contributed by atoms with Crippen LogP contribution in [0.5, 0.6) is 0 Å². The van der Waals surface area contributed by atoms with Crippen molar-refractivity contribution in [1.82, 2.24) is 14.5 Å². The van der Waals surface area contributed by atoms with Crippen LogP contribution in [-0.2, 0) is 6.54 Å². The number of imidazole rings is 1. The van der Waals surface area contributed by atoms with Gasteiger partial charge in [0.25, 0.3) is 5.91 Å². The zero-order valence-electron chi connectivity index (χ0n) is 15.2. The lowest BCUT2D eigenvalue weighted by atomic mass is 10.3. The second-order valence-corrected chi connectivity index (χ2v) is 7.01. The third-order valence-electron chi connectivity index (χ3n) is 4.41. The SMILES string of the molecule is CCN(CC)CCn1c(NC(=O)c2ccc([N+](=O)[O-])s2)nc2ccccc21. The molecule has 0 fully saturated rings. The van der Waals surface area contributed by atoms with Crippen molar-refractivity contribution in [3.63, 3.8) is 0 Å². The fourth-order valence-electron chi connectivity index (χ4n) is 2.89. The number of carbonyl (C=O) groups is 1. The number of nitrogens with zero attached hydrogens (tertiary/aromatic N) is 4. The van der Waals surface area contributed by atoms with Crippen LogP contribution in [0.2, 0.25) is 0 Å². The molecule has 0 aliphatic heterocycles. The summed E-state index contributed by atoms with van der Waals surface area (Å²) in [6.45, 7) is 7.64. The quantitative estimate of drug-likeness (QED) is 0.471. The summed E-state index contributed by atoms with van der Waals surface area (Å²) in [7, 11) is 0. The molecule has 0 aliphatic carbocycles. The number of carbonyl (C=O) groups excluding carboxylic acids is 1. The first-order chi connectivity index (χ1) is 13.0. The van der Waals surface area contributed by atoms with Gasteiger partial charge in [0.05, 0.1) is 20.8 Å². The topological polar surface area (TPSA) is 93.3 Å². The predicted molar refractivity (Wildman–Crippen MR) is 106 cm³/mol. The van der Waals surface area contributed by atoms with E-state index in [1.165, 1.54) is 12.1 Å². The predicted octanol–water partition coefficient (Wildman–Crippen LogP) is 3.60. The van der Waals surface area contributed by atoms with Crippen molar-refractivity contribution in [1.29, 1.82) is 0 Å². The summed E-state index contributed by atoms with van der Waals surface area (Å²) >= 11 is 0.850. The minimum atomic E-state index is -0.499. The Morgan fingerprint density at radius 1 is 1.26 bits per heavy atom. The van der Waals surface area contributed by atoms with E-state index in [1.807, 2.05) is 28.8 Å². The van der Waals surface area contributed by atoms with Crippen LogP contribution in [0.25, 0.3) is 11.0 Å². The molecule has 0 bridgehead atoms. The molecule has 0 radical (unpaired) electrons. The van der Waals surface area contributed by atoms with E-state index >= 15 is 0 Å². The summed E-state index contributed by atoms with van der Waals surface area (Å²) in [5.41, 5.74) is 1.74. The van der Waals surface area contributed by atoms with E-state index in [2.05, 4.69) is 29.0 Å². The fourth-order valence-corrected chi connectivity index (χ4v) is 3.61. The lowest BCUT2D eigenvalue weighted by molar-refractivity contribution is -0.380. The van der Waals surface area contributed by atoms with Crippen LogP contribution in [0, 0.1) is 10.1 Å². The van der Waals surface area contributed by atoms with Crippen molar-refractivity contribution in [3.05, 3.63) is 51.4 Å². The molecule has 27 heavy (non-hydrogen) atoms. The number of nitrogens with one attached hydrogen (secondary N) is 1. The number of anilines is 1. The summed E-state index contributed by atoms with van der Waals surface area (Å²) < 4.78 is 1.98. The van der Waals surface area contributed by atoms with Gasteiger partial charge < -0.3 is 9.47 Å². The summed E-state index contributed by atoms with van der Waals surface area (Å²) in [4.78, 5) is 30.0. The van der Waals surface area contributed by atoms with Crippen molar-refractivity contribution in [2.45, 2.75) is 20.4 Å². The van der Waals surface area contributed by atoms with Gasteiger partial charge in [0.2, 0.25) is 5.95 Å². The largest absolute Gasteiger partial charge is 0.324 e. The van der Waals surface area contributed by atoms with Gasteiger partial charge in [0.1, 0.15) is 0 Å². The average molecular weight is 387 g/mol. The first kappa shape index (κ1) is 19.0. The number of amides is 1. The van der Waals surface area contributed by atoms with Gasteiger partial charge in [0.15, 0.2) is 0 Å². The van der Waals surface area contributed by atoms with Crippen molar-refractivity contribution in [2.24, 2.45) is 0 Å². The zero-order chi connectivity index (χ0) is 19.4. The number of hydrogen-bond donors (Lipinski definition) is 1. The van der Waals surface area contributed by atoms with Gasteiger partial charge in [-0.05, 0) is 31.3 Å². The van der Waals surface area contributed by atoms with Gasteiger partial charge in [0, 0.05) is 19.2 Å². The first-order valence-corrected chi connectivity index (χ1v) is 9.58. The number of para-hydroxylation sites is 2. The molecule has 0 spiro atoms. The van der Waals surface area contributed by atoms with Gasteiger partial charge >= 0.3 is 5.00 Å². The molecule has 1 N–H and O–H groups in total. The van der Waals surface area contributed by atoms with Gasteiger partial charge in [-0.2, -0.15) is 0 Å². The van der Waals surface area contributed by atoms with Crippen LogP contribution in [0.15, 0.2) is 36.4 Å². The number of hydrogen-bond acceptors (Lipinski definition) is 6. The second-order valence-electron chi connectivity index (χ2n) is 5.95. The number of rotatable bonds is 8. The third-order valence-corrected chi connectivity index (χ3v) is 5.45. The first-order valence-electron chi connectivity index (χ1n) is 8.76. The summed E-state index contributed by atoms with van der Waals surface area (Å²) in [5, 5.41) is 13.6. The van der Waals surface area contributed by atoms with Gasteiger partial charge in [-0.3, -0.25) is 20.2 Å². The molecule has 1 amide bonds. The van der Waals surface area contributed by atoms with Crippen molar-refractivity contribution < 1.29 is 9.72 Å². The molecule has 3 aromatic rings. The van der Waals surface area contributed by atoms with Gasteiger partial charge in [-0.1, -0.05) is 37.3 Å². The lowest BCUT2D eigenvalue weighted by Crippen LogP contribution is -2.27. The van der Waals surface area contributed by atoms with E-state index in [0.717, 1.165) is 42.0 Å². The van der Waals surface area contributed by atoms with Crippen LogP contribution in [0.3, 0.4) is 0 Å². The standard InChI is InChI=1S/C18H21N5O3S/c1-3-21(4-2)11-12-22-14-8-6-5-7-13(14)19-18(22)20-17(24)15-9-10-16(27-15)23(25)26/h5-10H,3-4,11-12H2,1-2H3,(H,19,20,24). The highest BCUT2D eigenvalue weighted by atomic mass is 32.1. The molecule has 8 nitrogen and oxygen atoms in total. The van der Waals surface area contributed by atoms with E-state index < -0.39 is 10.8 Å². The van der Waals surface area contributed by atoms with Crippen LogP contribution in [-0.4, -0.2) is 44.9 Å². The molecule has 3 rings (SSSR count). The van der Waals surface area contributed by atoms with Crippen molar-refractivity contribution in [2.75, 3.05) is 25.0 Å². The van der Waals surface area contributed by atoms with E-state index in [4.69, 9.17) is 0 Å². The maximum absolute atomic E-state index is 12.5. The Labute approximate surface area is 160 Å². The molecule has 0 saturated carbocycles. The Morgan fingerprint density at radius 2 is 2.00 bits per heavy atom. The molecule has 0 aliphatic rings. The minimum absolute atomic E-state index is 0.0600. The number of likely N-dealkylation sites (N-methyl/N-ethyl adjacent to an activating group) is 1. The van der Waals surface area contributed by atoms with E-state index in [0.29, 0.717) is 12.5 Å². The molecule has 0 atom stereocenters. The summed E-state index contributed by atoms with van der Waals surface area (Å²) in [5.74, 6) is 0.0527. The normalized spacial score (nSPS) is 11.2. The van der Waals surface area contributed by atoms with Crippen molar-refractivity contribution >= 4 is 39.2 Å². The Hall–Kier alpha value is -2.78. The van der Waals surface area contributed by atoms with Crippen LogP contribution in [0.4, 0.5) is 10.9 Å². The Bertz CT molecular complexity index is 961.